The van der Waals surface area contributed by atoms with E-state index in [1.807, 2.05) is 12.1 Å². The zero-order chi connectivity index (χ0) is 13.8. The molecule has 3 nitrogen and oxygen atoms in total. The van der Waals surface area contributed by atoms with Gasteiger partial charge in [-0.15, -0.1) is 0 Å². The maximum atomic E-state index is 10.5. The lowest BCUT2D eigenvalue weighted by molar-refractivity contribution is -0.131. The van der Waals surface area contributed by atoms with E-state index >= 15 is 0 Å². The summed E-state index contributed by atoms with van der Waals surface area (Å²) in [5.41, 5.74) is 3.20. The van der Waals surface area contributed by atoms with Crippen LogP contribution in [0.4, 0.5) is 5.69 Å². The molecule has 19 heavy (non-hydrogen) atoms. The van der Waals surface area contributed by atoms with Crippen LogP contribution in [0, 0.1) is 0 Å². The Morgan fingerprint density at radius 3 is 2.84 bits per heavy atom. The van der Waals surface area contributed by atoms with Gasteiger partial charge in [0.1, 0.15) is 0 Å². The Kier molecular flexibility index (Phi) is 4.27. The second-order valence-corrected chi connectivity index (χ2v) is 5.04. The maximum Gasteiger partial charge on any atom is 0.328 e. The Morgan fingerprint density at radius 2 is 2.26 bits per heavy atom. The third-order valence-electron chi connectivity index (χ3n) is 3.17. The summed E-state index contributed by atoms with van der Waals surface area (Å²) in [6, 6.07) is 5.62. The molecule has 100 valence electrons. The summed E-state index contributed by atoms with van der Waals surface area (Å²) in [6.45, 7) is 3.97. The molecule has 1 aromatic rings. The van der Waals surface area contributed by atoms with Crippen LogP contribution >= 0.6 is 11.6 Å². The maximum absolute atomic E-state index is 10.5. The summed E-state index contributed by atoms with van der Waals surface area (Å²) in [7, 11) is 0. The topological polar surface area (TPSA) is 40.5 Å². The highest BCUT2D eigenvalue weighted by Crippen LogP contribution is 2.29. The lowest BCUT2D eigenvalue weighted by Crippen LogP contribution is -2.28. The van der Waals surface area contributed by atoms with Gasteiger partial charge in [-0.25, -0.2) is 4.79 Å². The minimum Gasteiger partial charge on any atom is -0.478 e. The van der Waals surface area contributed by atoms with Crippen LogP contribution in [0.15, 0.2) is 35.9 Å². The van der Waals surface area contributed by atoms with Crippen molar-refractivity contribution in [2.45, 2.75) is 13.3 Å². The molecule has 0 amide bonds. The average molecular weight is 278 g/mol. The number of hydrogen-bond donors (Lipinski definition) is 1. The van der Waals surface area contributed by atoms with Crippen molar-refractivity contribution in [2.75, 3.05) is 18.0 Å². The molecule has 2 rings (SSSR count). The smallest absolute Gasteiger partial charge is 0.328 e. The van der Waals surface area contributed by atoms with Crippen LogP contribution in [0.5, 0.6) is 0 Å². The lowest BCUT2D eigenvalue weighted by atomic mass is 10.1. The van der Waals surface area contributed by atoms with Gasteiger partial charge in [0.2, 0.25) is 0 Å². The number of carboxylic acids is 1. The Labute approximate surface area is 117 Å². The molecule has 1 aliphatic rings. The highest BCUT2D eigenvalue weighted by Gasteiger charge is 2.13. The van der Waals surface area contributed by atoms with E-state index in [9.17, 15) is 4.79 Å². The summed E-state index contributed by atoms with van der Waals surface area (Å²) in [5.74, 6) is -0.961. The lowest BCUT2D eigenvalue weighted by Gasteiger charge is -2.28. The van der Waals surface area contributed by atoms with Gasteiger partial charge in [0.05, 0.1) is 10.7 Å². The molecule has 0 atom stereocenters. The van der Waals surface area contributed by atoms with E-state index in [1.54, 1.807) is 6.07 Å². The molecule has 0 radical (unpaired) electrons. The van der Waals surface area contributed by atoms with Crippen molar-refractivity contribution in [2.24, 2.45) is 0 Å². The van der Waals surface area contributed by atoms with Crippen molar-refractivity contribution < 1.29 is 9.90 Å². The van der Waals surface area contributed by atoms with E-state index in [2.05, 4.69) is 17.9 Å². The van der Waals surface area contributed by atoms with Crippen LogP contribution in [0.2, 0.25) is 5.02 Å². The normalized spacial score (nSPS) is 15.7. The van der Waals surface area contributed by atoms with Crippen molar-refractivity contribution in [1.82, 2.24) is 0 Å². The van der Waals surface area contributed by atoms with Crippen molar-refractivity contribution in [3.05, 3.63) is 46.5 Å². The van der Waals surface area contributed by atoms with Gasteiger partial charge in [-0.3, -0.25) is 0 Å². The van der Waals surface area contributed by atoms with Gasteiger partial charge in [0.25, 0.3) is 0 Å². The van der Waals surface area contributed by atoms with Crippen LogP contribution in [0.25, 0.3) is 6.08 Å². The van der Waals surface area contributed by atoms with Gasteiger partial charge < -0.3 is 10.0 Å². The first-order valence-electron chi connectivity index (χ1n) is 6.17. The predicted molar refractivity (Wildman–Crippen MR) is 78.7 cm³/mol. The van der Waals surface area contributed by atoms with E-state index in [-0.39, 0.29) is 0 Å². The third kappa shape index (κ3) is 3.61. The van der Waals surface area contributed by atoms with E-state index < -0.39 is 5.97 Å². The molecule has 1 heterocycles. The molecule has 0 saturated carbocycles. The molecule has 1 N–H and O–H groups in total. The highest BCUT2D eigenvalue weighted by atomic mass is 35.5. The predicted octanol–water partition coefficient (Wildman–Crippen LogP) is 3.59. The summed E-state index contributed by atoms with van der Waals surface area (Å²) >= 11 is 6.27. The molecule has 0 aliphatic carbocycles. The number of benzene rings is 1. The van der Waals surface area contributed by atoms with Gasteiger partial charge in [0.15, 0.2) is 0 Å². The molecule has 1 aliphatic heterocycles. The number of carboxylic acid groups (broad SMARTS) is 1. The summed E-state index contributed by atoms with van der Waals surface area (Å²) in [5, 5.41) is 9.25. The van der Waals surface area contributed by atoms with E-state index in [1.165, 1.54) is 11.6 Å². The first-order valence-corrected chi connectivity index (χ1v) is 6.55. The zero-order valence-corrected chi connectivity index (χ0v) is 11.5. The second-order valence-electron chi connectivity index (χ2n) is 4.63. The number of nitrogens with zero attached hydrogens (tertiary/aromatic N) is 1. The summed E-state index contributed by atoms with van der Waals surface area (Å²) < 4.78 is 0. The molecular weight excluding hydrogens is 262 g/mol. The van der Waals surface area contributed by atoms with Gasteiger partial charge in [-0.2, -0.15) is 0 Å². The number of carbonyl (C=O) groups is 1. The first-order chi connectivity index (χ1) is 9.06. The Hall–Kier alpha value is -1.74. The van der Waals surface area contributed by atoms with Crippen LogP contribution in [-0.2, 0) is 4.79 Å². The minimum absolute atomic E-state index is 0.653. The number of anilines is 1. The Balaban J connectivity index is 2.18. The largest absolute Gasteiger partial charge is 0.478 e. The molecule has 0 aromatic heterocycles. The molecule has 1 aromatic carbocycles. The zero-order valence-electron chi connectivity index (χ0n) is 10.8. The molecule has 0 spiro atoms. The molecule has 0 saturated heterocycles. The van der Waals surface area contributed by atoms with Crippen LogP contribution < -0.4 is 4.90 Å². The van der Waals surface area contributed by atoms with Crippen LogP contribution in [0.3, 0.4) is 0 Å². The average Bonchev–Trinajstić information content (AvgIpc) is 2.38. The SMILES string of the molecule is CC1=CCN(c2ccc(/C=C/C(=O)O)cc2Cl)CC1. The fourth-order valence-corrected chi connectivity index (χ4v) is 2.35. The van der Waals surface area contributed by atoms with Crippen molar-refractivity contribution >= 4 is 29.3 Å². The van der Waals surface area contributed by atoms with E-state index in [4.69, 9.17) is 16.7 Å². The fourth-order valence-electron chi connectivity index (χ4n) is 2.04. The molecule has 0 bridgehead atoms. The fraction of sp³-hybridized carbons (Fsp3) is 0.267. The highest BCUT2D eigenvalue weighted by molar-refractivity contribution is 6.33. The van der Waals surface area contributed by atoms with Crippen molar-refractivity contribution in [3.63, 3.8) is 0 Å². The second kappa shape index (κ2) is 5.93. The van der Waals surface area contributed by atoms with Crippen LogP contribution in [0.1, 0.15) is 18.9 Å². The number of aliphatic carboxylic acids is 1. The molecular formula is C15H16ClNO2. The van der Waals surface area contributed by atoms with Crippen LogP contribution in [-0.4, -0.2) is 24.2 Å². The van der Waals surface area contributed by atoms with Gasteiger partial charge >= 0.3 is 5.97 Å². The van der Waals surface area contributed by atoms with E-state index in [0.29, 0.717) is 5.02 Å². The Morgan fingerprint density at radius 1 is 1.47 bits per heavy atom. The van der Waals surface area contributed by atoms with Gasteiger partial charge in [0, 0.05) is 19.2 Å². The minimum atomic E-state index is -0.961. The quantitative estimate of drug-likeness (QED) is 0.678. The van der Waals surface area contributed by atoms with Gasteiger partial charge in [-0.05, 0) is 37.1 Å². The van der Waals surface area contributed by atoms with Crippen molar-refractivity contribution in [3.8, 4) is 0 Å². The van der Waals surface area contributed by atoms with Gasteiger partial charge in [-0.1, -0.05) is 29.3 Å². The standard InChI is InChI=1S/C15H16ClNO2/c1-11-6-8-17(9-7-11)14-4-2-12(10-13(14)16)3-5-15(18)19/h2-6,10H,7-9H2,1H3,(H,18,19)/b5-3+. The first kappa shape index (κ1) is 13.7. The monoisotopic (exact) mass is 277 g/mol. The number of rotatable bonds is 3. The summed E-state index contributed by atoms with van der Waals surface area (Å²) in [4.78, 5) is 12.7. The summed E-state index contributed by atoms with van der Waals surface area (Å²) in [6.07, 6.45) is 5.91. The van der Waals surface area contributed by atoms with E-state index in [0.717, 1.165) is 36.8 Å². The molecule has 0 fully saturated rings. The number of halogens is 1. The van der Waals surface area contributed by atoms with Crippen molar-refractivity contribution in [1.29, 1.82) is 0 Å². The Bertz CT molecular complexity index is 549. The molecule has 0 unspecified atom stereocenters. The number of hydrogen-bond acceptors (Lipinski definition) is 2. The molecule has 4 heteroatoms. The third-order valence-corrected chi connectivity index (χ3v) is 3.47.